The maximum Gasteiger partial charge on any atom is 0.329 e. The van der Waals surface area contributed by atoms with Crippen LogP contribution in [0.15, 0.2) is 41.2 Å². The summed E-state index contributed by atoms with van der Waals surface area (Å²) >= 11 is 0. The second-order valence-electron chi connectivity index (χ2n) is 11.0. The topological polar surface area (TPSA) is 118 Å². The maximum absolute atomic E-state index is 13.4. The van der Waals surface area contributed by atoms with Crippen molar-refractivity contribution in [3.63, 3.8) is 0 Å². The third kappa shape index (κ3) is 3.37. The molecule has 1 amide bonds. The molecule has 1 aliphatic heterocycles. The van der Waals surface area contributed by atoms with E-state index in [1.54, 1.807) is 11.6 Å². The highest BCUT2D eigenvalue weighted by Gasteiger charge is 2.62. The summed E-state index contributed by atoms with van der Waals surface area (Å²) in [6, 6.07) is 10.7. The van der Waals surface area contributed by atoms with Gasteiger partial charge >= 0.3 is 5.69 Å². The zero-order valence-electron chi connectivity index (χ0n) is 21.4. The number of aromatic hydroxyl groups is 1. The molecular formula is C27H34N4O5. The molecule has 4 N–H and O–H groups in total. The van der Waals surface area contributed by atoms with Gasteiger partial charge in [-0.3, -0.25) is 13.9 Å². The van der Waals surface area contributed by atoms with Gasteiger partial charge in [-0.1, -0.05) is 19.1 Å². The summed E-state index contributed by atoms with van der Waals surface area (Å²) in [4.78, 5) is 25.1. The van der Waals surface area contributed by atoms with Gasteiger partial charge < -0.3 is 25.6 Å². The fourth-order valence-electron chi connectivity index (χ4n) is 6.09. The first-order valence-corrected chi connectivity index (χ1v) is 12.3. The van der Waals surface area contributed by atoms with Crippen molar-refractivity contribution in [2.75, 3.05) is 18.5 Å². The zero-order chi connectivity index (χ0) is 26.0. The number of nitrogens with one attached hydrogen (secondary N) is 2. The number of aliphatic hydroxyl groups is 1. The Labute approximate surface area is 209 Å². The minimum Gasteiger partial charge on any atom is -0.508 e. The van der Waals surface area contributed by atoms with E-state index in [9.17, 15) is 19.8 Å². The average molecular weight is 495 g/mol. The Morgan fingerprint density at radius 2 is 1.86 bits per heavy atom. The van der Waals surface area contributed by atoms with E-state index in [1.165, 1.54) is 12.1 Å². The second-order valence-corrected chi connectivity index (χ2v) is 11.0. The van der Waals surface area contributed by atoms with Crippen LogP contribution >= 0.6 is 0 Å². The fraction of sp³-hybridized carbons (Fsp3) is 0.481. The number of aryl methyl sites for hydroxylation is 1. The van der Waals surface area contributed by atoms with Crippen molar-refractivity contribution in [2.45, 2.75) is 57.7 Å². The van der Waals surface area contributed by atoms with E-state index in [2.05, 4.69) is 38.3 Å². The minimum atomic E-state index is -0.990. The number of rotatable bonds is 6. The lowest BCUT2D eigenvalue weighted by molar-refractivity contribution is -0.118. The van der Waals surface area contributed by atoms with Gasteiger partial charge in [-0.15, -0.1) is 0 Å². The molecule has 9 nitrogen and oxygen atoms in total. The smallest absolute Gasteiger partial charge is 0.329 e. The van der Waals surface area contributed by atoms with Gasteiger partial charge in [0.05, 0.1) is 28.4 Å². The van der Waals surface area contributed by atoms with Crippen molar-refractivity contribution < 1.29 is 19.7 Å². The molecule has 1 aliphatic carbocycles. The quantitative estimate of drug-likeness (QED) is 0.419. The first-order valence-electron chi connectivity index (χ1n) is 12.3. The van der Waals surface area contributed by atoms with E-state index < -0.39 is 17.2 Å². The van der Waals surface area contributed by atoms with Gasteiger partial charge in [-0.25, -0.2) is 4.79 Å². The molecule has 3 aromatic rings. The number of phenols is 1. The van der Waals surface area contributed by atoms with Crippen molar-refractivity contribution in [2.24, 2.45) is 12.5 Å². The van der Waals surface area contributed by atoms with Crippen molar-refractivity contribution in [1.82, 2.24) is 14.5 Å². The van der Waals surface area contributed by atoms with Crippen molar-refractivity contribution in [1.29, 1.82) is 0 Å². The zero-order valence-corrected chi connectivity index (χ0v) is 21.4. The number of aliphatic hydroxyl groups excluding tert-OH is 1. The molecule has 36 heavy (non-hydrogen) atoms. The highest BCUT2D eigenvalue weighted by Crippen LogP contribution is 2.60. The summed E-state index contributed by atoms with van der Waals surface area (Å²) in [5.41, 5.74) is 1.31. The number of carbonyl (C=O) groups excluding carboxylic acids is 1. The number of imidazole rings is 1. The summed E-state index contributed by atoms with van der Waals surface area (Å²) in [5, 5.41) is 27.5. The number of amides is 1. The summed E-state index contributed by atoms with van der Waals surface area (Å²) < 4.78 is 9.21. The van der Waals surface area contributed by atoms with Crippen LogP contribution in [-0.2, 0) is 17.4 Å². The summed E-state index contributed by atoms with van der Waals surface area (Å²) in [6.07, 6.45) is 0.778. The molecular weight excluding hydrogens is 460 g/mol. The summed E-state index contributed by atoms with van der Waals surface area (Å²) in [7, 11) is 1.81. The van der Waals surface area contributed by atoms with Gasteiger partial charge in [0.1, 0.15) is 11.5 Å². The van der Waals surface area contributed by atoms with E-state index in [0.29, 0.717) is 17.0 Å². The first-order chi connectivity index (χ1) is 16.9. The van der Waals surface area contributed by atoms with Crippen LogP contribution in [0.1, 0.15) is 52.2 Å². The average Bonchev–Trinajstić information content (AvgIpc) is 3.10. The Morgan fingerprint density at radius 1 is 1.17 bits per heavy atom. The van der Waals surface area contributed by atoms with Crippen LogP contribution in [0, 0.1) is 5.41 Å². The molecule has 9 heteroatoms. The van der Waals surface area contributed by atoms with Gasteiger partial charge in [0, 0.05) is 36.2 Å². The number of ether oxygens (including phenoxy) is 1. The molecule has 1 fully saturated rings. The van der Waals surface area contributed by atoms with Gasteiger partial charge in [0.15, 0.2) is 6.61 Å². The second kappa shape index (κ2) is 8.11. The Morgan fingerprint density at radius 3 is 2.53 bits per heavy atom. The lowest BCUT2D eigenvalue weighted by atomic mass is 9.48. The molecule has 2 heterocycles. The predicted molar refractivity (Wildman–Crippen MR) is 137 cm³/mol. The Hall–Kier alpha value is -3.30. The lowest BCUT2D eigenvalue weighted by Crippen LogP contribution is -2.70. The summed E-state index contributed by atoms with van der Waals surface area (Å²) in [6.45, 7) is 8.58. The molecule has 0 radical (unpaired) electrons. The van der Waals surface area contributed by atoms with Gasteiger partial charge in [-0.05, 0) is 51.8 Å². The molecule has 0 saturated heterocycles. The number of para-hydroxylation sites is 2. The molecule has 2 aromatic carbocycles. The monoisotopic (exact) mass is 494 g/mol. The number of carbonyl (C=O) groups is 1. The number of phenolic OH excluding ortho intramolecular Hbond substituents is 1. The van der Waals surface area contributed by atoms with Crippen molar-refractivity contribution >= 4 is 22.6 Å². The number of nitrogens with zero attached hydrogens (tertiary/aromatic N) is 2. The molecule has 2 unspecified atom stereocenters. The van der Waals surface area contributed by atoms with Crippen LogP contribution in [0.4, 0.5) is 5.69 Å². The fourth-order valence-corrected chi connectivity index (χ4v) is 6.09. The molecule has 192 valence electrons. The molecule has 0 spiro atoms. The van der Waals surface area contributed by atoms with E-state index in [4.69, 9.17) is 4.74 Å². The molecule has 5 rings (SSSR count). The Kier molecular flexibility index (Phi) is 5.50. The normalized spacial score (nSPS) is 24.6. The van der Waals surface area contributed by atoms with E-state index in [-0.39, 0.29) is 35.9 Å². The van der Waals surface area contributed by atoms with Gasteiger partial charge in [0.25, 0.3) is 5.91 Å². The van der Waals surface area contributed by atoms with Crippen molar-refractivity contribution in [3.8, 4) is 11.5 Å². The molecule has 1 aromatic heterocycles. The van der Waals surface area contributed by atoms with Crippen LogP contribution in [-0.4, -0.2) is 43.9 Å². The van der Waals surface area contributed by atoms with Crippen LogP contribution in [0.3, 0.4) is 0 Å². The summed E-state index contributed by atoms with van der Waals surface area (Å²) in [5.74, 6) is -0.0168. The van der Waals surface area contributed by atoms with Crippen LogP contribution in [0.5, 0.6) is 11.5 Å². The minimum absolute atomic E-state index is 0.0361. The maximum atomic E-state index is 13.4. The highest BCUT2D eigenvalue weighted by atomic mass is 16.5. The molecule has 1 saturated carbocycles. The van der Waals surface area contributed by atoms with Crippen LogP contribution < -0.4 is 21.1 Å². The third-order valence-electron chi connectivity index (χ3n) is 8.96. The lowest BCUT2D eigenvalue weighted by Gasteiger charge is -2.64. The molecule has 0 bridgehead atoms. The van der Waals surface area contributed by atoms with Crippen molar-refractivity contribution in [3.05, 3.63) is 52.4 Å². The van der Waals surface area contributed by atoms with E-state index in [0.717, 1.165) is 23.9 Å². The number of hydrogen-bond donors (Lipinski definition) is 4. The van der Waals surface area contributed by atoms with Gasteiger partial charge in [0.2, 0.25) is 0 Å². The van der Waals surface area contributed by atoms with E-state index in [1.807, 2.05) is 28.8 Å². The Bertz CT molecular complexity index is 1420. The number of fused-ring (bicyclic) bond motifs is 2. The SMILES string of the molecule is Cn1c(=O)n(C2(C)CCC2(C)C(C)(C)NC[C@H](O)c2cc(O)cc3c2OCC(=O)N3)c2ccccc21. The largest absolute Gasteiger partial charge is 0.508 e. The number of hydrogen-bond acceptors (Lipinski definition) is 6. The number of β-amino-alcohol motifs (C(OH)–C–C–N with tert-alkyl or cyclic N) is 1. The standard InChI is InChI=1S/C27H34N4O5/c1-25(2,28-14-21(33)17-12-16(32)13-18-23(17)36-15-22(34)29-18)26(3)10-11-27(26,4)31-20-9-7-6-8-19(20)30(5)24(31)35/h6-9,12-13,21,28,32-33H,10-11,14-15H2,1-5H3,(H,29,34)/t21-,26?,27?/m0/s1. The van der Waals surface area contributed by atoms with Crippen LogP contribution in [0.25, 0.3) is 11.0 Å². The third-order valence-corrected chi connectivity index (χ3v) is 8.96. The molecule has 2 aliphatic rings. The van der Waals surface area contributed by atoms with Crippen LogP contribution in [0.2, 0.25) is 0 Å². The molecule has 3 atom stereocenters. The predicted octanol–water partition coefficient (Wildman–Crippen LogP) is 2.99. The van der Waals surface area contributed by atoms with Gasteiger partial charge in [-0.2, -0.15) is 0 Å². The highest BCUT2D eigenvalue weighted by molar-refractivity contribution is 5.96. The number of aromatic nitrogens is 2. The first kappa shape index (κ1) is 24.4. The number of benzene rings is 2. The number of anilines is 1. The Balaban J connectivity index is 1.43. The van der Waals surface area contributed by atoms with E-state index >= 15 is 0 Å².